The van der Waals surface area contributed by atoms with Gasteiger partial charge in [-0.15, -0.1) is 0 Å². The Bertz CT molecular complexity index is 831. The Morgan fingerprint density at radius 3 is 2.71 bits per heavy atom. The van der Waals surface area contributed by atoms with E-state index >= 15 is 0 Å². The van der Waals surface area contributed by atoms with Crippen LogP contribution in [0.3, 0.4) is 0 Å². The minimum atomic E-state index is -1.71. The molecule has 2 aromatic heterocycles. The van der Waals surface area contributed by atoms with Crippen LogP contribution in [-0.2, 0) is 4.74 Å². The monoisotopic (exact) mass is 458 g/mol. The molecule has 28 heavy (non-hydrogen) atoms. The van der Waals surface area contributed by atoms with Gasteiger partial charge in [-0.2, -0.15) is 9.97 Å². The van der Waals surface area contributed by atoms with Crippen LogP contribution in [0.15, 0.2) is 6.33 Å². The molecule has 2 aliphatic heterocycles. The van der Waals surface area contributed by atoms with Crippen LogP contribution in [0.5, 0.6) is 0 Å². The maximum Gasteiger partial charge on any atom is 0.229 e. The Hall–Kier alpha value is -1.56. The van der Waals surface area contributed by atoms with Gasteiger partial charge in [0.05, 0.1) is 12.9 Å². The van der Waals surface area contributed by atoms with E-state index in [4.69, 9.17) is 10.5 Å². The van der Waals surface area contributed by atoms with Crippen LogP contribution >= 0.6 is 15.9 Å². The van der Waals surface area contributed by atoms with Gasteiger partial charge < -0.3 is 25.6 Å². The summed E-state index contributed by atoms with van der Waals surface area (Å²) in [7, 11) is 0. The highest BCUT2D eigenvalue weighted by Gasteiger charge is 2.45. The number of nitrogens with two attached hydrogens (primary N) is 1. The van der Waals surface area contributed by atoms with Crippen molar-refractivity contribution in [1.82, 2.24) is 19.5 Å². The second kappa shape index (κ2) is 8.05. The molecular formula is C17H24BrFN6O3. The topological polar surface area (TPSA) is 123 Å². The number of ether oxygens (including phenoxy) is 1. The summed E-state index contributed by atoms with van der Waals surface area (Å²) in [5, 5.41) is 20.2. The SMILES string of the molecule is Nc1nc(N2CCC(CCBr)CC2)nc2c1ncn2[C@@H]1O[C@H](CO)[C@@H](O)[C@H]1F. The van der Waals surface area contributed by atoms with Crippen LogP contribution in [-0.4, -0.2) is 73.1 Å². The normalized spacial score (nSPS) is 29.1. The summed E-state index contributed by atoms with van der Waals surface area (Å²) in [6.45, 7) is 1.18. The van der Waals surface area contributed by atoms with Crippen molar-refractivity contribution < 1.29 is 19.3 Å². The van der Waals surface area contributed by atoms with E-state index in [1.165, 1.54) is 10.9 Å². The molecule has 0 saturated carbocycles. The number of imidazole rings is 1. The summed E-state index contributed by atoms with van der Waals surface area (Å²) in [5.41, 5.74) is 6.79. The molecule has 4 heterocycles. The van der Waals surface area contributed by atoms with Crippen LogP contribution in [0, 0.1) is 5.92 Å². The molecule has 2 fully saturated rings. The second-order valence-corrected chi connectivity index (χ2v) is 8.12. The van der Waals surface area contributed by atoms with Gasteiger partial charge in [-0.1, -0.05) is 15.9 Å². The fourth-order valence-electron chi connectivity index (χ4n) is 3.91. The smallest absolute Gasteiger partial charge is 0.229 e. The van der Waals surface area contributed by atoms with E-state index in [0.29, 0.717) is 23.0 Å². The highest BCUT2D eigenvalue weighted by atomic mass is 79.9. The number of nitrogen functional groups attached to an aromatic ring is 1. The average Bonchev–Trinajstić information content (AvgIpc) is 3.24. The van der Waals surface area contributed by atoms with Gasteiger partial charge in [0, 0.05) is 18.4 Å². The van der Waals surface area contributed by atoms with E-state index in [0.717, 1.165) is 37.7 Å². The lowest BCUT2D eigenvalue weighted by atomic mass is 9.95. The van der Waals surface area contributed by atoms with Crippen molar-refractivity contribution in [3.05, 3.63) is 6.33 Å². The third-order valence-corrected chi connectivity index (χ3v) is 6.06. The van der Waals surface area contributed by atoms with Crippen molar-refractivity contribution in [1.29, 1.82) is 0 Å². The lowest BCUT2D eigenvalue weighted by molar-refractivity contribution is -0.0459. The number of piperidine rings is 1. The molecule has 11 heteroatoms. The number of hydrogen-bond donors (Lipinski definition) is 3. The Morgan fingerprint density at radius 2 is 2.07 bits per heavy atom. The zero-order valence-corrected chi connectivity index (χ0v) is 16.9. The fraction of sp³-hybridized carbons (Fsp3) is 0.706. The van der Waals surface area contributed by atoms with Crippen LogP contribution < -0.4 is 10.6 Å². The number of aromatic nitrogens is 4. The molecule has 0 bridgehead atoms. The number of alkyl halides is 2. The molecule has 2 aromatic rings. The van der Waals surface area contributed by atoms with E-state index in [-0.39, 0.29) is 5.82 Å². The van der Waals surface area contributed by atoms with Crippen molar-refractivity contribution in [2.75, 3.05) is 35.7 Å². The van der Waals surface area contributed by atoms with Crippen molar-refractivity contribution in [3.63, 3.8) is 0 Å². The minimum Gasteiger partial charge on any atom is -0.394 e. The van der Waals surface area contributed by atoms with E-state index in [9.17, 15) is 14.6 Å². The minimum absolute atomic E-state index is 0.217. The summed E-state index contributed by atoms with van der Waals surface area (Å²) in [5.74, 6) is 1.38. The largest absolute Gasteiger partial charge is 0.394 e. The highest BCUT2D eigenvalue weighted by molar-refractivity contribution is 9.09. The van der Waals surface area contributed by atoms with Gasteiger partial charge in [0.2, 0.25) is 5.95 Å². The predicted molar refractivity (Wildman–Crippen MR) is 105 cm³/mol. The third kappa shape index (κ3) is 3.44. The van der Waals surface area contributed by atoms with Crippen molar-refractivity contribution in [2.24, 2.45) is 5.92 Å². The first-order valence-corrected chi connectivity index (χ1v) is 10.5. The zero-order valence-electron chi connectivity index (χ0n) is 15.3. The number of hydrogen-bond acceptors (Lipinski definition) is 8. The van der Waals surface area contributed by atoms with Gasteiger partial charge in [-0.25, -0.2) is 9.37 Å². The molecule has 0 unspecified atom stereocenters. The third-order valence-electron chi connectivity index (χ3n) is 5.60. The first-order valence-electron chi connectivity index (χ1n) is 9.43. The number of nitrogens with zero attached hydrogens (tertiary/aromatic N) is 5. The Balaban J connectivity index is 1.62. The summed E-state index contributed by atoms with van der Waals surface area (Å²) in [4.78, 5) is 15.2. The van der Waals surface area contributed by atoms with Gasteiger partial charge >= 0.3 is 0 Å². The predicted octanol–water partition coefficient (Wildman–Crippen LogP) is 0.999. The Morgan fingerprint density at radius 1 is 1.32 bits per heavy atom. The van der Waals surface area contributed by atoms with Crippen LogP contribution in [0.4, 0.5) is 16.2 Å². The molecule has 4 rings (SSSR count). The Kier molecular flexibility index (Phi) is 5.68. The van der Waals surface area contributed by atoms with Gasteiger partial charge in [0.25, 0.3) is 0 Å². The summed E-state index contributed by atoms with van der Waals surface area (Å²) in [6.07, 6.45) is -0.634. The van der Waals surface area contributed by atoms with Gasteiger partial charge in [-0.05, 0) is 25.2 Å². The maximum atomic E-state index is 14.6. The molecule has 154 valence electrons. The first kappa shape index (κ1) is 19.7. The standard InChI is InChI=1S/C17H24BrFN6O3/c18-4-1-9-2-5-24(6-3-9)17-22-14(20)12-15(23-17)25(8-21-12)16-11(19)13(27)10(7-26)28-16/h8-11,13,16,26-27H,1-7H2,(H2,20,22,23)/t10-,11-,13-,16-/m1/s1. The second-order valence-electron chi connectivity index (χ2n) is 7.32. The van der Waals surface area contributed by atoms with Crippen LogP contribution in [0.1, 0.15) is 25.5 Å². The summed E-state index contributed by atoms with van der Waals surface area (Å²) < 4.78 is 21.5. The van der Waals surface area contributed by atoms with Crippen LogP contribution in [0.25, 0.3) is 11.2 Å². The molecule has 0 amide bonds. The van der Waals surface area contributed by atoms with E-state index in [1.54, 1.807) is 0 Å². The number of aliphatic hydroxyl groups is 2. The summed E-state index contributed by atoms with van der Waals surface area (Å²) >= 11 is 3.50. The van der Waals surface area contributed by atoms with Gasteiger partial charge in [0.15, 0.2) is 23.9 Å². The molecule has 2 aliphatic rings. The van der Waals surface area contributed by atoms with Gasteiger partial charge in [-0.3, -0.25) is 4.57 Å². The molecule has 0 aromatic carbocycles. The molecular weight excluding hydrogens is 435 g/mol. The molecule has 4 N–H and O–H groups in total. The molecule has 2 saturated heterocycles. The molecule has 4 atom stereocenters. The molecule has 9 nitrogen and oxygen atoms in total. The number of halogens is 2. The molecule has 0 spiro atoms. The first-order chi connectivity index (χ1) is 13.5. The quantitative estimate of drug-likeness (QED) is 0.567. The number of fused-ring (bicyclic) bond motifs is 1. The zero-order chi connectivity index (χ0) is 19.8. The molecule has 0 aliphatic carbocycles. The fourth-order valence-corrected chi connectivity index (χ4v) is 4.56. The lowest BCUT2D eigenvalue weighted by Crippen LogP contribution is -2.35. The van der Waals surface area contributed by atoms with Crippen LogP contribution in [0.2, 0.25) is 0 Å². The molecule has 0 radical (unpaired) electrons. The van der Waals surface area contributed by atoms with E-state index < -0.39 is 31.2 Å². The van der Waals surface area contributed by atoms with Crippen molar-refractivity contribution in [2.45, 2.75) is 43.9 Å². The van der Waals surface area contributed by atoms with E-state index in [1.807, 2.05) is 0 Å². The number of anilines is 2. The summed E-state index contributed by atoms with van der Waals surface area (Å²) in [6, 6.07) is 0. The van der Waals surface area contributed by atoms with Crippen molar-refractivity contribution >= 4 is 38.9 Å². The van der Waals surface area contributed by atoms with E-state index in [2.05, 4.69) is 35.8 Å². The highest BCUT2D eigenvalue weighted by Crippen LogP contribution is 2.34. The van der Waals surface area contributed by atoms with Gasteiger partial charge in [0.1, 0.15) is 17.7 Å². The van der Waals surface area contributed by atoms with Crippen molar-refractivity contribution in [3.8, 4) is 0 Å². The number of aliphatic hydroxyl groups excluding tert-OH is 2. The lowest BCUT2D eigenvalue weighted by Gasteiger charge is -2.31. The maximum absolute atomic E-state index is 14.6. The number of rotatable bonds is 5. The Labute approximate surface area is 169 Å². The average molecular weight is 459 g/mol.